The van der Waals surface area contributed by atoms with Crippen LogP contribution in [0.2, 0.25) is 0 Å². The van der Waals surface area contributed by atoms with Gasteiger partial charge in [-0.3, -0.25) is 5.32 Å². The molecule has 1 fully saturated rings. The molecule has 2 aromatic heterocycles. The van der Waals surface area contributed by atoms with Crippen LogP contribution in [0.5, 0.6) is 0 Å². The van der Waals surface area contributed by atoms with Crippen molar-refractivity contribution in [2.75, 3.05) is 50.0 Å². The van der Waals surface area contributed by atoms with Gasteiger partial charge in [-0.05, 0) is 26.1 Å². The van der Waals surface area contributed by atoms with Crippen LogP contribution in [0.25, 0.3) is 21.3 Å². The van der Waals surface area contributed by atoms with Gasteiger partial charge in [-0.15, -0.1) is 0 Å². The smallest absolute Gasteiger partial charge is 0.321 e. The highest BCUT2D eigenvalue weighted by molar-refractivity contribution is 7.22. The maximum Gasteiger partial charge on any atom is 0.321 e. The number of carbonyl (C=O) groups excluding carboxylic acids is 1. The number of carbonyl (C=O) groups is 1. The number of hydrogen-bond acceptors (Lipinski definition) is 7. The van der Waals surface area contributed by atoms with E-state index in [-0.39, 0.29) is 11.8 Å². The Morgan fingerprint density at radius 2 is 1.93 bits per heavy atom. The molecule has 0 atom stereocenters. The molecule has 0 saturated carbocycles. The van der Waals surface area contributed by atoms with Gasteiger partial charge in [-0.25, -0.2) is 24.1 Å². The lowest BCUT2D eigenvalue weighted by molar-refractivity contribution is 0.252. The maximum atomic E-state index is 14.7. The summed E-state index contributed by atoms with van der Waals surface area (Å²) in [5, 5.41) is 5.72. The van der Waals surface area contributed by atoms with Crippen molar-refractivity contribution in [1.29, 1.82) is 0 Å². The lowest BCUT2D eigenvalue weighted by Crippen LogP contribution is -2.45. The molecule has 2 N–H and O–H groups in total. The van der Waals surface area contributed by atoms with Gasteiger partial charge in [-0.2, -0.15) is 0 Å². The SMILES string of the molecule is CCNC(=O)Nc1nc2cc(-c3cnc(N4CCN(C)CC4)nc3)c(F)cc2s1. The van der Waals surface area contributed by atoms with Crippen molar-refractivity contribution in [1.82, 2.24) is 25.2 Å². The Labute approximate surface area is 171 Å². The van der Waals surface area contributed by atoms with Crippen molar-refractivity contribution >= 4 is 38.7 Å². The van der Waals surface area contributed by atoms with Gasteiger partial charge >= 0.3 is 6.03 Å². The number of benzene rings is 1. The van der Waals surface area contributed by atoms with Crippen molar-refractivity contribution in [3.05, 3.63) is 30.3 Å². The van der Waals surface area contributed by atoms with Crippen LogP contribution in [0.4, 0.5) is 20.3 Å². The number of nitrogens with one attached hydrogen (secondary N) is 2. The van der Waals surface area contributed by atoms with E-state index in [4.69, 9.17) is 0 Å². The molecule has 0 bridgehead atoms. The monoisotopic (exact) mass is 415 g/mol. The predicted molar refractivity (Wildman–Crippen MR) is 113 cm³/mol. The topological polar surface area (TPSA) is 86.3 Å². The van der Waals surface area contributed by atoms with E-state index in [0.717, 1.165) is 26.2 Å². The summed E-state index contributed by atoms with van der Waals surface area (Å²) in [6, 6.07) is 2.76. The van der Waals surface area contributed by atoms with Gasteiger partial charge < -0.3 is 15.1 Å². The fourth-order valence-corrected chi connectivity index (χ4v) is 4.02. The standard InChI is InChI=1S/C19H22FN7OS/c1-3-21-18(28)25-19-24-15-8-13(14(20)9-16(15)29-19)12-10-22-17(23-11-12)27-6-4-26(2)5-7-27/h8-11H,3-7H2,1-2H3,(H2,21,24,25,28). The van der Waals surface area contributed by atoms with Gasteiger partial charge in [0.25, 0.3) is 0 Å². The van der Waals surface area contributed by atoms with Gasteiger partial charge in [-0.1, -0.05) is 11.3 Å². The molecule has 8 nitrogen and oxygen atoms in total. The Balaban J connectivity index is 1.56. The summed E-state index contributed by atoms with van der Waals surface area (Å²) < 4.78 is 15.4. The molecule has 1 aromatic carbocycles. The maximum absolute atomic E-state index is 14.7. The van der Waals surface area contributed by atoms with Crippen LogP contribution in [0.15, 0.2) is 24.5 Å². The molecule has 10 heteroatoms. The van der Waals surface area contributed by atoms with Crippen molar-refractivity contribution in [3.63, 3.8) is 0 Å². The minimum atomic E-state index is -0.373. The van der Waals surface area contributed by atoms with Crippen LogP contribution >= 0.6 is 11.3 Å². The quantitative estimate of drug-likeness (QED) is 0.682. The number of nitrogens with zero attached hydrogens (tertiary/aromatic N) is 5. The molecular weight excluding hydrogens is 393 g/mol. The van der Waals surface area contributed by atoms with Gasteiger partial charge in [0.05, 0.1) is 10.2 Å². The lowest BCUT2D eigenvalue weighted by Gasteiger charge is -2.32. The number of thiazole rings is 1. The number of piperazine rings is 1. The zero-order valence-electron chi connectivity index (χ0n) is 16.3. The number of urea groups is 1. The molecule has 0 radical (unpaired) electrons. The largest absolute Gasteiger partial charge is 0.338 e. The number of rotatable bonds is 4. The second-order valence-electron chi connectivity index (χ2n) is 6.87. The van der Waals surface area contributed by atoms with Crippen molar-refractivity contribution in [2.24, 2.45) is 0 Å². The van der Waals surface area contributed by atoms with E-state index in [1.807, 2.05) is 6.92 Å². The Kier molecular flexibility index (Phi) is 5.54. The number of fused-ring (bicyclic) bond motifs is 1. The highest BCUT2D eigenvalue weighted by Crippen LogP contribution is 2.32. The normalized spacial score (nSPS) is 14.9. The molecule has 1 saturated heterocycles. The van der Waals surface area contributed by atoms with Crippen LogP contribution in [0, 0.1) is 5.82 Å². The minimum Gasteiger partial charge on any atom is -0.338 e. The first kappa shape index (κ1) is 19.5. The average Bonchev–Trinajstić information content (AvgIpc) is 3.09. The van der Waals surface area contributed by atoms with E-state index in [9.17, 15) is 9.18 Å². The summed E-state index contributed by atoms with van der Waals surface area (Å²) >= 11 is 1.23. The fraction of sp³-hybridized carbons (Fsp3) is 0.368. The number of halogens is 1. The van der Waals surface area contributed by atoms with Gasteiger partial charge in [0.15, 0.2) is 5.13 Å². The number of likely N-dealkylation sites (N-methyl/N-ethyl adjacent to an activating group) is 1. The van der Waals surface area contributed by atoms with Crippen molar-refractivity contribution < 1.29 is 9.18 Å². The Morgan fingerprint density at radius 1 is 1.21 bits per heavy atom. The van der Waals surface area contributed by atoms with Crippen LogP contribution < -0.4 is 15.5 Å². The Morgan fingerprint density at radius 3 is 2.62 bits per heavy atom. The molecule has 29 heavy (non-hydrogen) atoms. The van der Waals surface area contributed by atoms with Crippen LogP contribution in [-0.2, 0) is 0 Å². The van der Waals surface area contributed by atoms with E-state index in [1.54, 1.807) is 18.5 Å². The summed E-state index contributed by atoms with van der Waals surface area (Å²) in [7, 11) is 2.09. The first-order chi connectivity index (χ1) is 14.0. The molecule has 1 aliphatic rings. The van der Waals surface area contributed by atoms with E-state index in [0.29, 0.717) is 39.0 Å². The summed E-state index contributed by atoms with van der Waals surface area (Å²) in [6.07, 6.45) is 3.29. The van der Waals surface area contributed by atoms with Gasteiger partial charge in [0.2, 0.25) is 5.95 Å². The van der Waals surface area contributed by atoms with Crippen LogP contribution in [0.1, 0.15) is 6.92 Å². The minimum absolute atomic E-state index is 0.333. The molecule has 0 unspecified atom stereocenters. The van der Waals surface area contributed by atoms with Gasteiger partial charge in [0.1, 0.15) is 5.82 Å². The first-order valence-electron chi connectivity index (χ1n) is 9.44. The van der Waals surface area contributed by atoms with Crippen molar-refractivity contribution in [3.8, 4) is 11.1 Å². The Bertz CT molecular complexity index is 1020. The molecule has 4 rings (SSSR count). The van der Waals surface area contributed by atoms with Gasteiger partial charge in [0, 0.05) is 56.2 Å². The molecule has 3 aromatic rings. The first-order valence-corrected chi connectivity index (χ1v) is 10.3. The van der Waals surface area contributed by atoms with Crippen LogP contribution in [-0.4, -0.2) is 65.7 Å². The van der Waals surface area contributed by atoms with Crippen LogP contribution in [0.3, 0.4) is 0 Å². The summed E-state index contributed by atoms with van der Waals surface area (Å²) in [6.45, 7) is 6.02. The number of aromatic nitrogens is 3. The average molecular weight is 415 g/mol. The summed E-state index contributed by atoms with van der Waals surface area (Å²) in [5.41, 5.74) is 1.59. The molecule has 0 spiro atoms. The van der Waals surface area contributed by atoms with Crippen molar-refractivity contribution in [2.45, 2.75) is 6.92 Å². The second-order valence-corrected chi connectivity index (χ2v) is 7.90. The lowest BCUT2D eigenvalue weighted by atomic mass is 10.1. The summed E-state index contributed by atoms with van der Waals surface area (Å²) in [4.78, 5) is 29.3. The molecule has 0 aliphatic carbocycles. The third-order valence-corrected chi connectivity index (χ3v) is 5.70. The third-order valence-electron chi connectivity index (χ3n) is 4.77. The van der Waals surface area contributed by atoms with E-state index in [2.05, 4.69) is 42.4 Å². The molecule has 3 heterocycles. The summed E-state index contributed by atoms with van der Waals surface area (Å²) in [5.74, 6) is 0.284. The highest BCUT2D eigenvalue weighted by atomic mass is 32.1. The van der Waals surface area contributed by atoms with E-state index >= 15 is 0 Å². The molecular formula is C19H22FN7OS. The van der Waals surface area contributed by atoms with E-state index in [1.165, 1.54) is 17.4 Å². The number of amides is 2. The van der Waals surface area contributed by atoms with E-state index < -0.39 is 0 Å². The zero-order chi connectivity index (χ0) is 20.4. The molecule has 1 aliphatic heterocycles. The number of anilines is 2. The highest BCUT2D eigenvalue weighted by Gasteiger charge is 2.17. The fourth-order valence-electron chi connectivity index (χ4n) is 3.16. The Hall–Kier alpha value is -2.85. The third kappa shape index (κ3) is 4.28. The molecule has 2 amide bonds. The predicted octanol–water partition coefficient (Wildman–Crippen LogP) is 2.79. The second kappa shape index (κ2) is 8.26. The number of hydrogen-bond donors (Lipinski definition) is 2. The molecule has 152 valence electrons. The zero-order valence-corrected chi connectivity index (χ0v) is 17.1.